The van der Waals surface area contributed by atoms with Crippen molar-refractivity contribution in [3.63, 3.8) is 0 Å². The number of allylic oxidation sites excluding steroid dienone is 3. The van der Waals surface area contributed by atoms with Gasteiger partial charge in [0.1, 0.15) is 19.0 Å². The van der Waals surface area contributed by atoms with Crippen molar-refractivity contribution in [2.45, 2.75) is 66.5 Å². The van der Waals surface area contributed by atoms with E-state index in [-0.39, 0.29) is 11.3 Å². The molecule has 5 heteroatoms. The molecule has 0 aliphatic carbocycles. The Morgan fingerprint density at radius 3 is 2.44 bits per heavy atom. The first kappa shape index (κ1) is 27.1. The van der Waals surface area contributed by atoms with Gasteiger partial charge in [-0.2, -0.15) is 0 Å². The minimum Gasteiger partial charge on any atom is -0.497 e. The third-order valence-corrected chi connectivity index (χ3v) is 6.10. The van der Waals surface area contributed by atoms with Gasteiger partial charge in [0.2, 0.25) is 5.75 Å². The number of nitrogens with zero attached hydrogens (tertiary/aromatic N) is 1. The van der Waals surface area contributed by atoms with Crippen molar-refractivity contribution < 1.29 is 14.2 Å². The van der Waals surface area contributed by atoms with Crippen LogP contribution in [-0.4, -0.2) is 18.3 Å². The summed E-state index contributed by atoms with van der Waals surface area (Å²) >= 11 is 0. The molecule has 0 aliphatic rings. The Bertz CT molecular complexity index is 1250. The monoisotopic (exact) mass is 489 g/mol. The van der Waals surface area contributed by atoms with Crippen LogP contribution in [0.2, 0.25) is 0 Å². The van der Waals surface area contributed by atoms with Crippen molar-refractivity contribution in [3.05, 3.63) is 87.7 Å². The SMILES string of the molecule is CCCCn1c(=O)c(OCc2ccccc2)c(OC/C=C(\C)CCC=C(C)C)c2ccc(OC)cc21. The molecule has 0 spiro atoms. The van der Waals surface area contributed by atoms with E-state index in [2.05, 4.69) is 39.8 Å². The maximum Gasteiger partial charge on any atom is 0.297 e. The lowest BCUT2D eigenvalue weighted by Gasteiger charge is -2.19. The molecular formula is C31H39NO4. The number of methoxy groups -OCH3 is 1. The van der Waals surface area contributed by atoms with Gasteiger partial charge in [-0.25, -0.2) is 0 Å². The summed E-state index contributed by atoms with van der Waals surface area (Å²) in [4.78, 5) is 13.7. The zero-order chi connectivity index (χ0) is 25.9. The molecule has 1 aromatic heterocycles. The number of fused-ring (bicyclic) bond motifs is 1. The second-order valence-corrected chi connectivity index (χ2v) is 9.31. The van der Waals surface area contributed by atoms with Crippen molar-refractivity contribution in [1.82, 2.24) is 4.57 Å². The Morgan fingerprint density at radius 1 is 0.972 bits per heavy atom. The van der Waals surface area contributed by atoms with Crippen LogP contribution in [0.5, 0.6) is 17.2 Å². The van der Waals surface area contributed by atoms with Gasteiger partial charge in [-0.15, -0.1) is 0 Å². The molecule has 2 aromatic carbocycles. The number of rotatable bonds is 13. The number of unbranched alkanes of at least 4 members (excludes halogenated alkanes) is 1. The van der Waals surface area contributed by atoms with E-state index in [0.29, 0.717) is 31.3 Å². The van der Waals surface area contributed by atoms with Crippen molar-refractivity contribution in [1.29, 1.82) is 0 Å². The second-order valence-electron chi connectivity index (χ2n) is 9.31. The Balaban J connectivity index is 2.01. The Morgan fingerprint density at radius 2 is 1.75 bits per heavy atom. The minimum atomic E-state index is -0.181. The first-order chi connectivity index (χ1) is 17.4. The molecule has 192 valence electrons. The highest BCUT2D eigenvalue weighted by Gasteiger charge is 2.20. The molecule has 0 unspecified atom stereocenters. The second kappa shape index (κ2) is 13.6. The summed E-state index contributed by atoms with van der Waals surface area (Å²) in [6, 6.07) is 15.6. The van der Waals surface area contributed by atoms with Crippen LogP contribution in [0.25, 0.3) is 10.9 Å². The zero-order valence-electron chi connectivity index (χ0n) is 22.3. The van der Waals surface area contributed by atoms with E-state index in [1.54, 1.807) is 11.7 Å². The van der Waals surface area contributed by atoms with Crippen LogP contribution >= 0.6 is 0 Å². The molecule has 0 N–H and O–H groups in total. The molecule has 0 amide bonds. The molecule has 0 atom stereocenters. The summed E-state index contributed by atoms with van der Waals surface area (Å²) in [7, 11) is 1.63. The van der Waals surface area contributed by atoms with E-state index in [9.17, 15) is 4.79 Å². The van der Waals surface area contributed by atoms with Gasteiger partial charge in [-0.3, -0.25) is 4.79 Å². The van der Waals surface area contributed by atoms with Gasteiger partial charge in [-0.05, 0) is 63.8 Å². The highest BCUT2D eigenvalue weighted by Crippen LogP contribution is 2.35. The third kappa shape index (κ3) is 7.27. The molecule has 0 saturated heterocycles. The molecule has 0 fully saturated rings. The Labute approximate surface area is 215 Å². The van der Waals surface area contributed by atoms with Gasteiger partial charge in [0.05, 0.1) is 12.6 Å². The van der Waals surface area contributed by atoms with Crippen molar-refractivity contribution in [2.75, 3.05) is 13.7 Å². The van der Waals surface area contributed by atoms with Gasteiger partial charge in [0, 0.05) is 18.0 Å². The van der Waals surface area contributed by atoms with E-state index < -0.39 is 0 Å². The smallest absolute Gasteiger partial charge is 0.297 e. The van der Waals surface area contributed by atoms with E-state index in [1.165, 1.54) is 11.1 Å². The molecular weight excluding hydrogens is 450 g/mol. The quantitative estimate of drug-likeness (QED) is 0.234. The van der Waals surface area contributed by atoms with Gasteiger partial charge in [0.25, 0.3) is 5.56 Å². The van der Waals surface area contributed by atoms with E-state index >= 15 is 0 Å². The largest absolute Gasteiger partial charge is 0.497 e. The third-order valence-electron chi connectivity index (χ3n) is 6.10. The lowest BCUT2D eigenvalue weighted by atomic mass is 10.1. The van der Waals surface area contributed by atoms with E-state index in [1.807, 2.05) is 48.5 Å². The summed E-state index contributed by atoms with van der Waals surface area (Å²) in [5, 5.41) is 0.838. The average molecular weight is 490 g/mol. The van der Waals surface area contributed by atoms with Crippen LogP contribution < -0.4 is 19.8 Å². The number of ether oxygens (including phenoxy) is 3. The van der Waals surface area contributed by atoms with Gasteiger partial charge in [0.15, 0.2) is 5.75 Å². The number of hydrogen-bond donors (Lipinski definition) is 0. The lowest BCUT2D eigenvalue weighted by Crippen LogP contribution is -2.24. The zero-order valence-corrected chi connectivity index (χ0v) is 22.3. The van der Waals surface area contributed by atoms with Crippen LogP contribution in [0.4, 0.5) is 0 Å². The van der Waals surface area contributed by atoms with Crippen LogP contribution in [0.1, 0.15) is 58.9 Å². The molecule has 1 heterocycles. The highest BCUT2D eigenvalue weighted by atomic mass is 16.5. The Kier molecular flexibility index (Phi) is 10.2. The van der Waals surface area contributed by atoms with E-state index in [4.69, 9.17) is 14.2 Å². The highest BCUT2D eigenvalue weighted by molar-refractivity contribution is 5.89. The maximum absolute atomic E-state index is 13.7. The fraction of sp³-hybridized carbons (Fsp3) is 0.387. The number of hydrogen-bond acceptors (Lipinski definition) is 4. The van der Waals surface area contributed by atoms with Crippen molar-refractivity contribution in [2.24, 2.45) is 0 Å². The summed E-state index contributed by atoms with van der Waals surface area (Å²) in [5.41, 5.74) is 4.18. The summed E-state index contributed by atoms with van der Waals surface area (Å²) < 4.78 is 19.7. The first-order valence-electron chi connectivity index (χ1n) is 12.8. The van der Waals surface area contributed by atoms with Crippen LogP contribution in [0.15, 0.2) is 76.6 Å². The van der Waals surface area contributed by atoms with Crippen LogP contribution in [-0.2, 0) is 13.2 Å². The standard InChI is InChI=1S/C31H39NO4/c1-6-7-19-32-28-21-26(34-5)16-17-27(28)29(35-20-18-24(4)13-11-12-23(2)3)30(31(32)33)36-22-25-14-9-8-10-15-25/h8-10,12,14-18,21H,6-7,11,13,19-20,22H2,1-5H3/b24-18+. The summed E-state index contributed by atoms with van der Waals surface area (Å²) in [5.74, 6) is 1.43. The van der Waals surface area contributed by atoms with E-state index in [0.717, 1.165) is 42.1 Å². The fourth-order valence-corrected chi connectivity index (χ4v) is 4.00. The summed E-state index contributed by atoms with van der Waals surface area (Å²) in [6.45, 7) is 9.71. The molecule has 0 saturated carbocycles. The average Bonchev–Trinajstić information content (AvgIpc) is 2.88. The van der Waals surface area contributed by atoms with Crippen molar-refractivity contribution >= 4 is 10.9 Å². The predicted octanol–water partition coefficient (Wildman–Crippen LogP) is 7.46. The van der Waals surface area contributed by atoms with Gasteiger partial charge in [-0.1, -0.05) is 60.9 Å². The number of aromatic nitrogens is 1. The minimum absolute atomic E-state index is 0.181. The molecule has 0 aliphatic heterocycles. The predicted molar refractivity (Wildman–Crippen MR) is 148 cm³/mol. The lowest BCUT2D eigenvalue weighted by molar-refractivity contribution is 0.271. The molecule has 36 heavy (non-hydrogen) atoms. The number of benzene rings is 2. The molecule has 3 rings (SSSR count). The number of pyridine rings is 1. The van der Waals surface area contributed by atoms with Gasteiger partial charge < -0.3 is 18.8 Å². The van der Waals surface area contributed by atoms with Crippen LogP contribution in [0, 0.1) is 0 Å². The Hall–Kier alpha value is -3.47. The molecule has 0 bridgehead atoms. The first-order valence-corrected chi connectivity index (χ1v) is 12.8. The topological polar surface area (TPSA) is 49.7 Å². The van der Waals surface area contributed by atoms with Gasteiger partial charge >= 0.3 is 0 Å². The molecule has 3 aromatic rings. The number of aryl methyl sites for hydroxylation is 1. The van der Waals surface area contributed by atoms with Crippen molar-refractivity contribution in [3.8, 4) is 17.2 Å². The van der Waals surface area contributed by atoms with Crippen LogP contribution in [0.3, 0.4) is 0 Å². The normalized spacial score (nSPS) is 11.4. The summed E-state index contributed by atoms with van der Waals surface area (Å²) in [6.07, 6.45) is 8.17. The maximum atomic E-state index is 13.7. The molecule has 0 radical (unpaired) electrons. The molecule has 5 nitrogen and oxygen atoms in total. The fourth-order valence-electron chi connectivity index (χ4n) is 4.00.